The number of fused-ring (bicyclic) bond motifs is 8. The van der Waals surface area contributed by atoms with E-state index in [0.29, 0.717) is 28.3 Å². The van der Waals surface area contributed by atoms with Crippen LogP contribution in [0.15, 0.2) is 24.3 Å². The number of aromatic amines is 1. The first-order chi connectivity index (χ1) is 21.2. The summed E-state index contributed by atoms with van der Waals surface area (Å²) in [6, 6.07) is 7.65. The van der Waals surface area contributed by atoms with Crippen molar-refractivity contribution in [2.45, 2.75) is 79.4 Å². The van der Waals surface area contributed by atoms with Gasteiger partial charge in [-0.15, -0.1) is 0 Å². The Labute approximate surface area is 261 Å². The molecule has 3 aromatic heterocycles. The van der Waals surface area contributed by atoms with Crippen molar-refractivity contribution in [1.29, 1.82) is 0 Å². The summed E-state index contributed by atoms with van der Waals surface area (Å²) in [4.78, 5) is 36.6. The molecule has 3 aromatic rings. The van der Waals surface area contributed by atoms with Gasteiger partial charge in [0.25, 0.3) is 0 Å². The highest BCUT2D eigenvalue weighted by Gasteiger charge is 2.24. The van der Waals surface area contributed by atoms with E-state index in [2.05, 4.69) is 4.98 Å². The third-order valence-electron chi connectivity index (χ3n) is 9.05. The number of allylic oxidation sites excluding steroid dienone is 4. The zero-order valence-electron chi connectivity index (χ0n) is 26.7. The lowest BCUT2D eigenvalue weighted by Gasteiger charge is -2.05. The molecule has 5 N–H and O–H groups in total. The van der Waals surface area contributed by atoms with Crippen LogP contribution in [-0.4, -0.2) is 51.9 Å². The highest BCUT2D eigenvalue weighted by Crippen LogP contribution is 2.39. The van der Waals surface area contributed by atoms with Crippen molar-refractivity contribution in [3.05, 3.63) is 69.3 Å². The SMILES string of the molecule is CC1=C(CCC(=O)O)c2cc3nc(cc4c(C)c(C(C)O)c(cc5[nH]c(cc1n2)c(C(C)O)c5C)n4C)C(C)=C3CCC(=O)O. The van der Waals surface area contributed by atoms with E-state index in [1.165, 1.54) is 0 Å². The molecule has 0 aliphatic carbocycles. The zero-order chi connectivity index (χ0) is 32.9. The van der Waals surface area contributed by atoms with Gasteiger partial charge in [0, 0.05) is 53.1 Å². The van der Waals surface area contributed by atoms with E-state index in [1.807, 2.05) is 63.6 Å². The van der Waals surface area contributed by atoms with Crippen LogP contribution in [0.3, 0.4) is 0 Å². The first-order valence-electron chi connectivity index (χ1n) is 15.1. The van der Waals surface area contributed by atoms with Gasteiger partial charge >= 0.3 is 11.9 Å². The Bertz CT molecular complexity index is 1970. The molecule has 10 heteroatoms. The molecule has 0 amide bonds. The van der Waals surface area contributed by atoms with E-state index in [1.54, 1.807) is 13.8 Å². The molecule has 2 aliphatic rings. The number of carboxylic acids is 2. The Morgan fingerprint density at radius 3 is 1.71 bits per heavy atom. The van der Waals surface area contributed by atoms with Crippen LogP contribution in [-0.2, 0) is 16.6 Å². The van der Waals surface area contributed by atoms with Crippen LogP contribution in [0.2, 0.25) is 0 Å². The summed E-state index contributed by atoms with van der Waals surface area (Å²) in [7, 11) is 1.93. The molecule has 10 nitrogen and oxygen atoms in total. The Morgan fingerprint density at radius 1 is 0.711 bits per heavy atom. The molecule has 0 fully saturated rings. The van der Waals surface area contributed by atoms with Gasteiger partial charge in [0.1, 0.15) is 0 Å². The van der Waals surface area contributed by atoms with Gasteiger partial charge in [-0.05, 0) is 112 Å². The number of aliphatic hydroxyl groups excluding tert-OH is 2. The van der Waals surface area contributed by atoms with Gasteiger partial charge in [-0.25, -0.2) is 9.97 Å². The van der Waals surface area contributed by atoms with Gasteiger partial charge < -0.3 is 30.0 Å². The summed E-state index contributed by atoms with van der Waals surface area (Å²) in [6.07, 6.45) is -1.17. The van der Waals surface area contributed by atoms with Crippen LogP contribution >= 0.6 is 0 Å². The minimum absolute atomic E-state index is 0.0734. The molecule has 236 valence electrons. The molecule has 2 aliphatic heterocycles. The summed E-state index contributed by atoms with van der Waals surface area (Å²) in [6.45, 7) is 11.2. The summed E-state index contributed by atoms with van der Waals surface area (Å²) in [5.74, 6) is -1.84. The topological polar surface area (TPSA) is 162 Å². The van der Waals surface area contributed by atoms with E-state index in [9.17, 15) is 30.0 Å². The molecule has 0 spiro atoms. The molecule has 8 bridgehead atoms. The van der Waals surface area contributed by atoms with Crippen molar-refractivity contribution in [3.8, 4) is 0 Å². The number of aromatic nitrogens is 4. The molecule has 0 radical (unpaired) electrons. The lowest BCUT2D eigenvalue weighted by atomic mass is 9.98. The van der Waals surface area contributed by atoms with Crippen molar-refractivity contribution >= 4 is 56.3 Å². The first kappa shape index (κ1) is 31.9. The second-order valence-corrected chi connectivity index (χ2v) is 12.0. The monoisotopic (exact) mass is 612 g/mol. The van der Waals surface area contributed by atoms with Crippen LogP contribution in [0.1, 0.15) is 111 Å². The number of carboxylic acid groups (broad SMARTS) is 2. The number of hydrogen-bond donors (Lipinski definition) is 5. The number of aliphatic hydroxyl groups is 2. The smallest absolute Gasteiger partial charge is 0.303 e. The third-order valence-corrected chi connectivity index (χ3v) is 9.05. The Balaban J connectivity index is 1.98. The molecule has 5 heterocycles. The molecular formula is C35H40N4O6. The lowest BCUT2D eigenvalue weighted by molar-refractivity contribution is -0.137. The van der Waals surface area contributed by atoms with Crippen LogP contribution in [0.5, 0.6) is 0 Å². The van der Waals surface area contributed by atoms with Crippen molar-refractivity contribution in [2.75, 3.05) is 0 Å². The van der Waals surface area contributed by atoms with Crippen LogP contribution < -0.4 is 0 Å². The van der Waals surface area contributed by atoms with Gasteiger partial charge in [0.05, 0.1) is 35.0 Å². The predicted molar refractivity (Wildman–Crippen MR) is 175 cm³/mol. The zero-order valence-corrected chi connectivity index (χ0v) is 26.7. The molecule has 0 aromatic carbocycles. The normalized spacial score (nSPS) is 14.7. The number of H-pyrrole nitrogens is 1. The molecule has 0 saturated heterocycles. The van der Waals surface area contributed by atoms with E-state index in [-0.39, 0.29) is 25.7 Å². The summed E-state index contributed by atoms with van der Waals surface area (Å²) in [5.41, 5.74) is 12.1. The second-order valence-electron chi connectivity index (χ2n) is 12.0. The van der Waals surface area contributed by atoms with Crippen molar-refractivity contribution in [2.24, 2.45) is 7.05 Å². The highest BCUT2D eigenvalue weighted by molar-refractivity contribution is 5.96. The number of aryl methyl sites for hydroxylation is 3. The van der Waals surface area contributed by atoms with E-state index >= 15 is 0 Å². The van der Waals surface area contributed by atoms with Gasteiger partial charge in [-0.3, -0.25) is 9.59 Å². The second kappa shape index (κ2) is 12.1. The fourth-order valence-corrected chi connectivity index (χ4v) is 6.65. The average Bonchev–Trinajstić information content (AvgIpc) is 3.59. The van der Waals surface area contributed by atoms with Gasteiger partial charge in [0.15, 0.2) is 0 Å². The number of aliphatic carboxylic acids is 2. The molecule has 2 unspecified atom stereocenters. The van der Waals surface area contributed by atoms with Gasteiger partial charge in [-0.1, -0.05) is 0 Å². The highest BCUT2D eigenvalue weighted by atomic mass is 16.4. The van der Waals surface area contributed by atoms with Gasteiger partial charge in [0.2, 0.25) is 0 Å². The number of carbonyl (C=O) groups is 2. The van der Waals surface area contributed by atoms with Crippen LogP contribution in [0, 0.1) is 13.8 Å². The number of hydrogen-bond acceptors (Lipinski definition) is 6. The quantitative estimate of drug-likeness (QED) is 0.189. The number of nitrogens with zero attached hydrogens (tertiary/aromatic N) is 3. The molecule has 0 saturated carbocycles. The average molecular weight is 613 g/mol. The fourth-order valence-electron chi connectivity index (χ4n) is 6.65. The minimum atomic E-state index is -0.919. The predicted octanol–water partition coefficient (Wildman–Crippen LogP) is 6.64. The minimum Gasteiger partial charge on any atom is -0.481 e. The van der Waals surface area contributed by atoms with Crippen LogP contribution in [0.4, 0.5) is 0 Å². The maximum absolute atomic E-state index is 11.6. The fraction of sp³-hybridized carbons (Fsp3) is 0.371. The number of rotatable bonds is 8. The van der Waals surface area contributed by atoms with Crippen molar-refractivity contribution < 1.29 is 30.0 Å². The van der Waals surface area contributed by atoms with E-state index < -0.39 is 24.1 Å². The Hall–Kier alpha value is -4.54. The van der Waals surface area contributed by atoms with Gasteiger partial charge in [-0.2, -0.15) is 0 Å². The standard InChI is InChI=1S/C35H40N4O6/c1-16-22(8-10-32(42)43)27-13-28-23(9-11-33(44)45)17(2)25(37-28)14-30-19(4)35(21(6)41)31(39(30)7)15-26-18(3)34(20(5)40)29(38-26)12-24(16)36-27/h12-15,20-21,38,40-41H,8-11H2,1-7H3,(H,42,43)(H,44,45). The number of nitrogens with one attached hydrogen (secondary N) is 1. The largest absolute Gasteiger partial charge is 0.481 e. The third kappa shape index (κ3) is 5.83. The Kier molecular flexibility index (Phi) is 8.57. The van der Waals surface area contributed by atoms with E-state index in [0.717, 1.165) is 61.1 Å². The molecule has 2 atom stereocenters. The van der Waals surface area contributed by atoms with Crippen molar-refractivity contribution in [1.82, 2.24) is 19.5 Å². The summed E-state index contributed by atoms with van der Waals surface area (Å²) < 4.78 is 2.02. The Morgan fingerprint density at radius 2 is 1.22 bits per heavy atom. The summed E-state index contributed by atoms with van der Waals surface area (Å²) in [5, 5.41) is 40.7. The maximum atomic E-state index is 11.6. The lowest BCUT2D eigenvalue weighted by Crippen LogP contribution is -1.97. The van der Waals surface area contributed by atoms with E-state index in [4.69, 9.17) is 9.97 Å². The summed E-state index contributed by atoms with van der Waals surface area (Å²) >= 11 is 0. The first-order valence-corrected chi connectivity index (χ1v) is 15.1. The molecule has 5 rings (SSSR count). The van der Waals surface area contributed by atoms with Crippen LogP contribution in [0.25, 0.3) is 44.4 Å². The molecular weight excluding hydrogens is 572 g/mol. The molecule has 45 heavy (non-hydrogen) atoms. The van der Waals surface area contributed by atoms with Crippen molar-refractivity contribution in [3.63, 3.8) is 0 Å². The maximum Gasteiger partial charge on any atom is 0.303 e.